The van der Waals surface area contributed by atoms with Gasteiger partial charge in [-0.2, -0.15) is 7.11 Å². The molecule has 0 radical (unpaired) electrons. The molecule has 0 saturated carbocycles. The molecular weight excluding hydrogens is 301 g/mol. The van der Waals surface area contributed by atoms with Crippen LogP contribution in [0.25, 0.3) is 0 Å². The first kappa shape index (κ1) is 11.9. The second kappa shape index (κ2) is 4.09. The zero-order valence-corrected chi connectivity index (χ0v) is 7.99. The third-order valence-corrected chi connectivity index (χ3v) is 0.743. The maximum Gasteiger partial charge on any atom is 1.00 e. The van der Waals surface area contributed by atoms with Gasteiger partial charge in [0.15, 0.2) is 0 Å². The number of ether oxygens (including phenoxy) is 1. The molecule has 3 heteroatoms. The maximum atomic E-state index is 10.5. The van der Waals surface area contributed by atoms with E-state index in [0.717, 1.165) is 0 Å². The zero-order valence-electron chi connectivity index (χ0n) is 5.83. The van der Waals surface area contributed by atoms with Crippen LogP contribution in [0.5, 0.6) is 0 Å². The van der Waals surface area contributed by atoms with E-state index in [1.54, 1.807) is 20.8 Å². The molecule has 0 spiro atoms. The van der Waals surface area contributed by atoms with Gasteiger partial charge in [0.25, 0.3) is 5.97 Å². The number of esters is 1. The van der Waals surface area contributed by atoms with Gasteiger partial charge in [-0.05, 0) is 20.8 Å². The standard InChI is InChI=1S/C6H11O2.Au/c1-6(2,3)5(7)8-4;/h4H2,1-3H3;/q-1;+1. The van der Waals surface area contributed by atoms with E-state index in [0.29, 0.717) is 0 Å². The van der Waals surface area contributed by atoms with Crippen molar-refractivity contribution in [2.75, 3.05) is 0 Å². The predicted molar refractivity (Wildman–Crippen MR) is 30.9 cm³/mol. The second-order valence-corrected chi connectivity index (χ2v) is 2.68. The zero-order chi connectivity index (χ0) is 6.78. The van der Waals surface area contributed by atoms with Crippen molar-refractivity contribution in [3.05, 3.63) is 7.11 Å². The van der Waals surface area contributed by atoms with Crippen molar-refractivity contribution in [2.24, 2.45) is 5.41 Å². The number of rotatable bonds is 0. The van der Waals surface area contributed by atoms with Crippen molar-refractivity contribution in [1.29, 1.82) is 0 Å². The molecule has 0 amide bonds. The van der Waals surface area contributed by atoms with E-state index < -0.39 is 5.41 Å². The quantitative estimate of drug-likeness (QED) is 0.384. The molecule has 0 fully saturated rings. The van der Waals surface area contributed by atoms with Gasteiger partial charge in [-0.1, -0.05) is 0 Å². The van der Waals surface area contributed by atoms with E-state index in [2.05, 4.69) is 11.8 Å². The summed E-state index contributed by atoms with van der Waals surface area (Å²) in [5, 5.41) is 0. The molecule has 0 aromatic rings. The van der Waals surface area contributed by atoms with E-state index in [9.17, 15) is 4.79 Å². The van der Waals surface area contributed by atoms with Gasteiger partial charge in [0.2, 0.25) is 0 Å². The van der Waals surface area contributed by atoms with E-state index in [-0.39, 0.29) is 28.3 Å². The SMILES string of the molecule is [Au+].[CH2-]OC(=O)C(C)(C)C. The summed E-state index contributed by atoms with van der Waals surface area (Å²) in [4.78, 5) is 10.5. The minimum Gasteiger partial charge on any atom is -0.640 e. The normalized spacial score (nSPS) is 9.78. The van der Waals surface area contributed by atoms with Gasteiger partial charge in [-0.3, -0.25) is 4.79 Å². The monoisotopic (exact) mass is 312 g/mol. The van der Waals surface area contributed by atoms with Crippen molar-refractivity contribution in [3.63, 3.8) is 0 Å². The second-order valence-electron chi connectivity index (χ2n) is 2.68. The Kier molecular flexibility index (Phi) is 5.43. The third-order valence-electron chi connectivity index (χ3n) is 0.743. The molecule has 0 aliphatic rings. The molecule has 0 aliphatic carbocycles. The molecule has 0 heterocycles. The average Bonchev–Trinajstić information content (AvgIpc) is 1.62. The molecule has 0 rings (SSSR count). The van der Waals surface area contributed by atoms with Gasteiger partial charge in [0.05, 0.1) is 5.41 Å². The first-order chi connectivity index (χ1) is 3.48. The van der Waals surface area contributed by atoms with Crippen LogP contribution in [0, 0.1) is 12.5 Å². The van der Waals surface area contributed by atoms with E-state index >= 15 is 0 Å². The molecule has 0 aliphatic heterocycles. The maximum absolute atomic E-state index is 10.5. The summed E-state index contributed by atoms with van der Waals surface area (Å²) in [5.74, 6) is -0.280. The van der Waals surface area contributed by atoms with Crippen LogP contribution in [0.1, 0.15) is 20.8 Å². The number of carbonyl (C=O) groups is 1. The summed E-state index contributed by atoms with van der Waals surface area (Å²) in [7, 11) is 3.00. The summed E-state index contributed by atoms with van der Waals surface area (Å²) in [6.45, 7) is 5.33. The van der Waals surface area contributed by atoms with Crippen molar-refractivity contribution < 1.29 is 31.9 Å². The summed E-state index contributed by atoms with van der Waals surface area (Å²) >= 11 is 0. The van der Waals surface area contributed by atoms with E-state index in [1.165, 1.54) is 0 Å². The average molecular weight is 312 g/mol. The van der Waals surface area contributed by atoms with Gasteiger partial charge in [-0.15, -0.1) is 0 Å². The van der Waals surface area contributed by atoms with Gasteiger partial charge in [0.1, 0.15) is 0 Å². The molecule has 0 atom stereocenters. The molecular formula is C6H11AuO2. The van der Waals surface area contributed by atoms with Crippen molar-refractivity contribution in [1.82, 2.24) is 0 Å². The fraction of sp³-hybridized carbons (Fsp3) is 0.667. The molecule has 0 aromatic heterocycles. The summed E-state index contributed by atoms with van der Waals surface area (Å²) in [6.07, 6.45) is 0. The van der Waals surface area contributed by atoms with Crippen LogP contribution in [0.3, 0.4) is 0 Å². The first-order valence-electron chi connectivity index (χ1n) is 2.45. The van der Waals surface area contributed by atoms with Gasteiger partial charge >= 0.3 is 22.4 Å². The van der Waals surface area contributed by atoms with Gasteiger partial charge in [0, 0.05) is 0 Å². The van der Waals surface area contributed by atoms with Crippen LogP contribution in [0.15, 0.2) is 0 Å². The Bertz CT molecular complexity index is 93.7. The number of hydrogen-bond donors (Lipinski definition) is 0. The molecule has 0 unspecified atom stereocenters. The smallest absolute Gasteiger partial charge is 0.640 e. The molecule has 0 saturated heterocycles. The van der Waals surface area contributed by atoms with Crippen LogP contribution < -0.4 is 0 Å². The van der Waals surface area contributed by atoms with E-state index in [4.69, 9.17) is 0 Å². The van der Waals surface area contributed by atoms with Crippen LogP contribution in [-0.4, -0.2) is 5.97 Å². The van der Waals surface area contributed by atoms with Gasteiger partial charge in [-0.25, -0.2) is 0 Å². The molecule has 58 valence electrons. The topological polar surface area (TPSA) is 26.3 Å². The van der Waals surface area contributed by atoms with Crippen LogP contribution in [0.2, 0.25) is 0 Å². The third kappa shape index (κ3) is 4.70. The Morgan fingerprint density at radius 2 is 1.78 bits per heavy atom. The van der Waals surface area contributed by atoms with Crippen LogP contribution in [-0.2, 0) is 31.9 Å². The molecule has 9 heavy (non-hydrogen) atoms. The molecule has 0 aromatic carbocycles. The molecule has 0 bridgehead atoms. The van der Waals surface area contributed by atoms with Crippen molar-refractivity contribution in [3.8, 4) is 0 Å². The van der Waals surface area contributed by atoms with Crippen molar-refractivity contribution >= 4 is 5.97 Å². The Morgan fingerprint density at radius 1 is 1.44 bits per heavy atom. The molecule has 0 N–H and O–H groups in total. The Balaban J connectivity index is 0. The van der Waals surface area contributed by atoms with Gasteiger partial charge < -0.3 is 4.74 Å². The number of carbonyl (C=O) groups excluding carboxylic acids is 1. The summed E-state index contributed by atoms with van der Waals surface area (Å²) in [5.41, 5.74) is -0.415. The minimum absolute atomic E-state index is 0. The Labute approximate surface area is 71.5 Å². The van der Waals surface area contributed by atoms with Crippen LogP contribution >= 0.6 is 0 Å². The fourth-order valence-corrected chi connectivity index (χ4v) is 0.217. The fourth-order valence-electron chi connectivity index (χ4n) is 0.217. The Hall–Kier alpha value is 0.210. The summed E-state index contributed by atoms with van der Waals surface area (Å²) in [6, 6.07) is 0. The van der Waals surface area contributed by atoms with Crippen LogP contribution in [0.4, 0.5) is 0 Å². The predicted octanol–water partition coefficient (Wildman–Crippen LogP) is 1.36. The summed E-state index contributed by atoms with van der Waals surface area (Å²) < 4.78 is 4.23. The van der Waals surface area contributed by atoms with Crippen molar-refractivity contribution in [2.45, 2.75) is 20.8 Å². The molecule has 2 nitrogen and oxygen atoms in total. The largest absolute Gasteiger partial charge is 1.00 e. The number of hydrogen-bond acceptors (Lipinski definition) is 2. The van der Waals surface area contributed by atoms with E-state index in [1.807, 2.05) is 0 Å². The minimum atomic E-state index is -0.415. The first-order valence-corrected chi connectivity index (χ1v) is 2.45. The Morgan fingerprint density at radius 3 is 1.78 bits per heavy atom.